The standard InChI is InChI=1S/C20H26F2N2O5/c1-13(25)3-4-15-11-24(19(26)29-15)14-9-16(21)18(17(22)10-14)23-7-5-20(27,6-8-23)12-28-2/h9-10,15,27H,3-8,11-12H2,1-2H3/t15-/m0/s1. The number of nitrogens with zero attached hydrogens (tertiary/aromatic N) is 2. The van der Waals surface area contributed by atoms with Gasteiger partial charge in [0.25, 0.3) is 0 Å². The number of anilines is 2. The fraction of sp³-hybridized carbons (Fsp3) is 0.600. The number of benzene rings is 1. The first-order valence-electron chi connectivity index (χ1n) is 9.65. The third kappa shape index (κ3) is 4.84. The van der Waals surface area contributed by atoms with Crippen LogP contribution in [-0.4, -0.2) is 62.0 Å². The van der Waals surface area contributed by atoms with E-state index in [2.05, 4.69) is 0 Å². The molecule has 0 aromatic heterocycles. The van der Waals surface area contributed by atoms with Crippen LogP contribution in [0.5, 0.6) is 0 Å². The first-order valence-corrected chi connectivity index (χ1v) is 9.65. The molecule has 0 aliphatic carbocycles. The number of piperidine rings is 1. The van der Waals surface area contributed by atoms with Crippen LogP contribution in [0.25, 0.3) is 0 Å². The topological polar surface area (TPSA) is 79.3 Å². The highest BCUT2D eigenvalue weighted by Gasteiger charge is 2.36. The van der Waals surface area contributed by atoms with Crippen molar-refractivity contribution >= 4 is 23.3 Å². The summed E-state index contributed by atoms with van der Waals surface area (Å²) in [6.07, 6.45) is 0.136. The SMILES string of the molecule is COCC1(O)CCN(c2c(F)cc(N3C[C@H](CCC(C)=O)OC3=O)cc2F)CC1. The molecule has 7 nitrogen and oxygen atoms in total. The van der Waals surface area contributed by atoms with Crippen molar-refractivity contribution in [1.29, 1.82) is 0 Å². The molecule has 1 atom stereocenters. The van der Waals surface area contributed by atoms with E-state index in [0.717, 1.165) is 12.1 Å². The van der Waals surface area contributed by atoms with Gasteiger partial charge in [0, 0.05) is 38.8 Å². The lowest BCUT2D eigenvalue weighted by Gasteiger charge is -2.39. The van der Waals surface area contributed by atoms with Gasteiger partial charge in [0.2, 0.25) is 0 Å². The van der Waals surface area contributed by atoms with Crippen LogP contribution in [0.3, 0.4) is 0 Å². The van der Waals surface area contributed by atoms with Gasteiger partial charge in [0.15, 0.2) is 11.6 Å². The monoisotopic (exact) mass is 412 g/mol. The summed E-state index contributed by atoms with van der Waals surface area (Å²) in [5, 5.41) is 10.4. The van der Waals surface area contributed by atoms with Gasteiger partial charge in [-0.15, -0.1) is 0 Å². The summed E-state index contributed by atoms with van der Waals surface area (Å²) in [5.41, 5.74) is -1.09. The van der Waals surface area contributed by atoms with Gasteiger partial charge in [-0.3, -0.25) is 4.90 Å². The van der Waals surface area contributed by atoms with Gasteiger partial charge in [-0.05, 0) is 26.2 Å². The molecule has 160 valence electrons. The highest BCUT2D eigenvalue weighted by molar-refractivity contribution is 5.90. The Balaban J connectivity index is 1.72. The van der Waals surface area contributed by atoms with Crippen LogP contribution in [-0.2, 0) is 14.3 Å². The molecule has 2 aliphatic rings. The second-order valence-electron chi connectivity index (χ2n) is 7.76. The van der Waals surface area contributed by atoms with Crippen LogP contribution in [0.4, 0.5) is 25.0 Å². The Morgan fingerprint density at radius 3 is 2.48 bits per heavy atom. The number of aliphatic hydroxyl groups is 1. The Kier molecular flexibility index (Phi) is 6.38. The number of rotatable bonds is 7. The lowest BCUT2D eigenvalue weighted by atomic mass is 9.92. The van der Waals surface area contributed by atoms with E-state index >= 15 is 0 Å². The average Bonchev–Trinajstić information content (AvgIpc) is 3.02. The van der Waals surface area contributed by atoms with Gasteiger partial charge in [-0.2, -0.15) is 0 Å². The minimum Gasteiger partial charge on any atom is -0.444 e. The van der Waals surface area contributed by atoms with Gasteiger partial charge in [0.1, 0.15) is 17.6 Å². The van der Waals surface area contributed by atoms with Crippen molar-refractivity contribution in [3.63, 3.8) is 0 Å². The van der Waals surface area contributed by atoms with E-state index in [9.17, 15) is 23.5 Å². The molecule has 2 saturated heterocycles. The number of hydrogen-bond acceptors (Lipinski definition) is 6. The molecule has 2 fully saturated rings. The summed E-state index contributed by atoms with van der Waals surface area (Å²) < 4.78 is 39.8. The number of ether oxygens (including phenoxy) is 2. The third-order valence-corrected chi connectivity index (χ3v) is 5.43. The van der Waals surface area contributed by atoms with E-state index in [1.807, 2.05) is 0 Å². The lowest BCUT2D eigenvalue weighted by Crippen LogP contribution is -2.47. The molecule has 0 unspecified atom stereocenters. The van der Waals surface area contributed by atoms with Gasteiger partial charge >= 0.3 is 6.09 Å². The van der Waals surface area contributed by atoms with Crippen molar-refractivity contribution in [2.45, 2.75) is 44.3 Å². The van der Waals surface area contributed by atoms with Gasteiger partial charge in [-0.25, -0.2) is 13.6 Å². The number of ketones is 1. The normalized spacial score (nSPS) is 21.4. The number of cyclic esters (lactones) is 1. The van der Waals surface area contributed by atoms with Gasteiger partial charge < -0.3 is 24.3 Å². The Hall–Kier alpha value is -2.26. The minimum absolute atomic E-state index is 0.0140. The number of Topliss-reactive ketones (excluding diaryl/α,β-unsaturated/α-hetero) is 1. The molecule has 0 spiro atoms. The quantitative estimate of drug-likeness (QED) is 0.742. The summed E-state index contributed by atoms with van der Waals surface area (Å²) in [5.74, 6) is -1.57. The zero-order chi connectivity index (χ0) is 21.2. The van der Waals surface area contributed by atoms with E-state index in [0.29, 0.717) is 19.3 Å². The zero-order valence-corrected chi connectivity index (χ0v) is 16.6. The molecule has 1 aromatic rings. The molecule has 1 amide bonds. The zero-order valence-electron chi connectivity index (χ0n) is 16.6. The molecule has 9 heteroatoms. The Labute approximate surface area is 168 Å². The number of methoxy groups -OCH3 is 1. The summed E-state index contributed by atoms with van der Waals surface area (Å²) in [6, 6.07) is 2.23. The van der Waals surface area contributed by atoms with Crippen LogP contribution in [0, 0.1) is 11.6 Å². The molecule has 29 heavy (non-hydrogen) atoms. The van der Waals surface area contributed by atoms with Gasteiger partial charge in [0.05, 0.1) is 24.4 Å². The number of hydrogen-bond donors (Lipinski definition) is 1. The Morgan fingerprint density at radius 2 is 1.93 bits per heavy atom. The van der Waals surface area contributed by atoms with Crippen LogP contribution in [0.15, 0.2) is 12.1 Å². The first kappa shape index (κ1) is 21.4. The Bertz CT molecular complexity index is 757. The second-order valence-corrected chi connectivity index (χ2v) is 7.76. The first-order chi connectivity index (χ1) is 13.7. The summed E-state index contributed by atoms with van der Waals surface area (Å²) in [7, 11) is 1.50. The second kappa shape index (κ2) is 8.62. The van der Waals surface area contributed by atoms with Crippen molar-refractivity contribution in [3.8, 4) is 0 Å². The average molecular weight is 412 g/mol. The number of carbonyl (C=O) groups excluding carboxylic acids is 2. The fourth-order valence-corrected chi connectivity index (χ4v) is 3.82. The van der Waals surface area contributed by atoms with Crippen LogP contribution < -0.4 is 9.80 Å². The van der Waals surface area contributed by atoms with E-state index in [1.165, 1.54) is 18.9 Å². The Morgan fingerprint density at radius 1 is 1.31 bits per heavy atom. The molecule has 2 aliphatic heterocycles. The number of halogens is 2. The van der Waals surface area contributed by atoms with Crippen LogP contribution in [0.1, 0.15) is 32.6 Å². The smallest absolute Gasteiger partial charge is 0.414 e. The molecular weight excluding hydrogens is 386 g/mol. The van der Waals surface area contributed by atoms with Crippen molar-refractivity contribution in [2.75, 3.05) is 43.2 Å². The van der Waals surface area contributed by atoms with E-state index in [-0.39, 0.29) is 49.8 Å². The van der Waals surface area contributed by atoms with Crippen LogP contribution in [0.2, 0.25) is 0 Å². The van der Waals surface area contributed by atoms with E-state index in [4.69, 9.17) is 9.47 Å². The highest BCUT2D eigenvalue weighted by atomic mass is 19.1. The maximum absolute atomic E-state index is 14.8. The predicted molar refractivity (Wildman–Crippen MR) is 102 cm³/mol. The summed E-state index contributed by atoms with van der Waals surface area (Å²) in [4.78, 5) is 25.9. The predicted octanol–water partition coefficient (Wildman–Crippen LogP) is 2.64. The van der Waals surface area contributed by atoms with E-state index in [1.54, 1.807) is 4.90 Å². The molecule has 0 radical (unpaired) electrons. The molecule has 1 N–H and O–H groups in total. The molecule has 2 heterocycles. The summed E-state index contributed by atoms with van der Waals surface area (Å²) in [6.45, 7) is 2.33. The van der Waals surface area contributed by atoms with Crippen molar-refractivity contribution in [3.05, 3.63) is 23.8 Å². The lowest BCUT2D eigenvalue weighted by molar-refractivity contribution is -0.117. The largest absolute Gasteiger partial charge is 0.444 e. The minimum atomic E-state index is -0.994. The number of amides is 1. The molecule has 1 aromatic carbocycles. The maximum Gasteiger partial charge on any atom is 0.414 e. The van der Waals surface area contributed by atoms with Crippen molar-refractivity contribution < 1.29 is 33.0 Å². The van der Waals surface area contributed by atoms with Crippen molar-refractivity contribution in [1.82, 2.24) is 0 Å². The molecule has 0 bridgehead atoms. The van der Waals surface area contributed by atoms with E-state index < -0.39 is 29.4 Å². The fourth-order valence-electron chi connectivity index (χ4n) is 3.82. The summed E-state index contributed by atoms with van der Waals surface area (Å²) >= 11 is 0. The van der Waals surface area contributed by atoms with Crippen LogP contribution >= 0.6 is 0 Å². The van der Waals surface area contributed by atoms with Gasteiger partial charge in [-0.1, -0.05) is 0 Å². The molecule has 3 rings (SSSR count). The molecular formula is C20H26F2N2O5. The number of carbonyl (C=O) groups is 2. The highest BCUT2D eigenvalue weighted by Crippen LogP contribution is 2.34. The van der Waals surface area contributed by atoms with Crippen molar-refractivity contribution in [2.24, 2.45) is 0 Å². The maximum atomic E-state index is 14.8. The molecule has 0 saturated carbocycles. The third-order valence-electron chi connectivity index (χ3n) is 5.43.